The largest absolute Gasteiger partial charge is 0.497 e. The zero-order chi connectivity index (χ0) is 32.2. The zero-order valence-corrected chi connectivity index (χ0v) is 24.9. The number of hydrogen-bond acceptors (Lipinski definition) is 6. The molecule has 0 saturated carbocycles. The number of methoxy groups -OCH3 is 2. The van der Waals surface area contributed by atoms with E-state index in [9.17, 15) is 27.6 Å². The highest BCUT2D eigenvalue weighted by atomic mass is 19.4. The molecule has 0 aromatic heterocycles. The van der Waals surface area contributed by atoms with E-state index < -0.39 is 23.2 Å². The van der Waals surface area contributed by atoms with Gasteiger partial charge < -0.3 is 34.8 Å². The Bertz CT molecular complexity index is 1540. The molecule has 0 aliphatic carbocycles. The highest BCUT2D eigenvalue weighted by Crippen LogP contribution is 2.40. The number of carbonyl (C=O) groups excluding carboxylic acids is 3. The number of ether oxygens (including phenoxy) is 2. The fourth-order valence-electron chi connectivity index (χ4n) is 5.79. The molecule has 5 rings (SSSR count). The Hall–Kier alpha value is -4.94. The van der Waals surface area contributed by atoms with Crippen molar-refractivity contribution in [3.63, 3.8) is 0 Å². The Morgan fingerprint density at radius 1 is 0.933 bits per heavy atom. The summed E-state index contributed by atoms with van der Waals surface area (Å²) in [5, 5.41) is 5.51. The van der Waals surface area contributed by atoms with Gasteiger partial charge in [0.25, 0.3) is 5.91 Å². The molecule has 10 nitrogen and oxygen atoms in total. The van der Waals surface area contributed by atoms with E-state index in [4.69, 9.17) is 9.47 Å². The Labute approximate surface area is 258 Å². The van der Waals surface area contributed by atoms with E-state index in [1.807, 2.05) is 35.2 Å². The molecule has 0 bridgehead atoms. The standard InChI is InChI=1S/C32H34F3N5O5/c1-44-25-11-12-26(27(18-25)45-2)37-30(43)38-15-13-31(14-16-38)29(42)39(21-40(31)24-9-4-3-5-10-24)20-28(41)36-19-22-7-6-8-23(17-22)32(33,34)35/h3-12,17-18H,13-16,19-21H2,1-2H3,(H,36,41)(H,37,43). The fourth-order valence-corrected chi connectivity index (χ4v) is 5.79. The maximum atomic E-state index is 14.0. The van der Waals surface area contributed by atoms with Gasteiger partial charge in [0.1, 0.15) is 23.6 Å². The van der Waals surface area contributed by atoms with E-state index >= 15 is 0 Å². The van der Waals surface area contributed by atoms with Crippen LogP contribution in [0.15, 0.2) is 72.8 Å². The van der Waals surface area contributed by atoms with Crippen LogP contribution < -0.4 is 25.0 Å². The molecule has 2 aliphatic rings. The summed E-state index contributed by atoms with van der Waals surface area (Å²) in [6.45, 7) is 0.352. The predicted octanol–water partition coefficient (Wildman–Crippen LogP) is 4.71. The van der Waals surface area contributed by atoms with Crippen molar-refractivity contribution in [1.82, 2.24) is 15.1 Å². The third-order valence-electron chi connectivity index (χ3n) is 8.19. The van der Waals surface area contributed by atoms with Gasteiger partial charge in [-0.05, 0) is 54.8 Å². The number of rotatable bonds is 8. The quantitative estimate of drug-likeness (QED) is 0.376. The summed E-state index contributed by atoms with van der Waals surface area (Å²) in [5.41, 5.74) is -0.191. The lowest BCUT2D eigenvalue weighted by Crippen LogP contribution is -2.58. The maximum absolute atomic E-state index is 14.0. The summed E-state index contributed by atoms with van der Waals surface area (Å²) in [6, 6.07) is 18.8. The molecular weight excluding hydrogens is 591 g/mol. The molecule has 238 valence electrons. The molecule has 2 N–H and O–H groups in total. The van der Waals surface area contributed by atoms with Crippen molar-refractivity contribution >= 4 is 29.2 Å². The van der Waals surface area contributed by atoms with E-state index in [-0.39, 0.29) is 44.8 Å². The molecule has 4 amide bonds. The summed E-state index contributed by atoms with van der Waals surface area (Å²) in [4.78, 5) is 45.1. The molecule has 3 aromatic rings. The van der Waals surface area contributed by atoms with E-state index in [0.717, 1.165) is 17.8 Å². The molecule has 2 fully saturated rings. The van der Waals surface area contributed by atoms with Crippen LogP contribution in [-0.2, 0) is 22.3 Å². The third-order valence-corrected chi connectivity index (χ3v) is 8.19. The van der Waals surface area contributed by atoms with Crippen molar-refractivity contribution in [3.8, 4) is 11.5 Å². The number of halogens is 3. The number of benzene rings is 3. The van der Waals surface area contributed by atoms with Gasteiger partial charge in [0.15, 0.2) is 0 Å². The Balaban J connectivity index is 1.26. The number of para-hydroxylation sites is 1. The minimum Gasteiger partial charge on any atom is -0.497 e. The number of piperidine rings is 1. The maximum Gasteiger partial charge on any atom is 0.416 e. The van der Waals surface area contributed by atoms with Crippen LogP contribution >= 0.6 is 0 Å². The molecule has 3 aromatic carbocycles. The molecule has 2 aliphatic heterocycles. The van der Waals surface area contributed by atoms with Gasteiger partial charge in [-0.25, -0.2) is 4.79 Å². The van der Waals surface area contributed by atoms with Crippen LogP contribution in [0.25, 0.3) is 0 Å². The molecular formula is C32H34F3N5O5. The lowest BCUT2D eigenvalue weighted by Gasteiger charge is -2.43. The van der Waals surface area contributed by atoms with E-state index in [1.165, 1.54) is 31.3 Å². The molecule has 0 unspecified atom stereocenters. The highest BCUT2D eigenvalue weighted by Gasteiger charge is 2.54. The van der Waals surface area contributed by atoms with Crippen molar-refractivity contribution < 1.29 is 37.0 Å². The van der Waals surface area contributed by atoms with Gasteiger partial charge in [0.2, 0.25) is 5.91 Å². The van der Waals surface area contributed by atoms with E-state index in [2.05, 4.69) is 10.6 Å². The SMILES string of the molecule is COc1ccc(NC(=O)N2CCC3(CC2)C(=O)N(CC(=O)NCc2cccc(C(F)(F)F)c2)CN3c2ccccc2)c(OC)c1. The lowest BCUT2D eigenvalue weighted by atomic mass is 9.85. The Morgan fingerprint density at radius 2 is 1.67 bits per heavy atom. The second kappa shape index (κ2) is 13.0. The van der Waals surface area contributed by atoms with Gasteiger partial charge in [-0.3, -0.25) is 9.59 Å². The second-order valence-corrected chi connectivity index (χ2v) is 10.9. The number of amides is 4. The Kier molecular flexibility index (Phi) is 9.07. The molecule has 0 radical (unpaired) electrons. The van der Waals surface area contributed by atoms with Crippen molar-refractivity contribution in [1.29, 1.82) is 0 Å². The van der Waals surface area contributed by atoms with Gasteiger partial charge in [-0.1, -0.05) is 30.3 Å². The molecule has 2 saturated heterocycles. The summed E-state index contributed by atoms with van der Waals surface area (Å²) in [7, 11) is 3.03. The molecule has 1 spiro atoms. The first-order chi connectivity index (χ1) is 21.5. The smallest absolute Gasteiger partial charge is 0.416 e. The first kappa shape index (κ1) is 31.5. The van der Waals surface area contributed by atoms with Crippen LogP contribution in [0, 0.1) is 0 Å². The van der Waals surface area contributed by atoms with Crippen LogP contribution in [0.1, 0.15) is 24.0 Å². The monoisotopic (exact) mass is 625 g/mol. The molecule has 2 heterocycles. The van der Waals surface area contributed by atoms with Crippen LogP contribution in [0.4, 0.5) is 29.3 Å². The van der Waals surface area contributed by atoms with Gasteiger partial charge in [-0.2, -0.15) is 13.2 Å². The number of anilines is 2. The van der Waals surface area contributed by atoms with E-state index in [0.29, 0.717) is 35.6 Å². The summed E-state index contributed by atoms with van der Waals surface area (Å²) in [6.07, 6.45) is -3.83. The average molecular weight is 626 g/mol. The lowest BCUT2D eigenvalue weighted by molar-refractivity contribution is -0.138. The molecule has 45 heavy (non-hydrogen) atoms. The van der Waals surface area contributed by atoms with Crippen LogP contribution in [0.2, 0.25) is 0 Å². The number of hydrogen-bond donors (Lipinski definition) is 2. The van der Waals surface area contributed by atoms with Crippen molar-refractivity contribution in [2.75, 3.05) is 50.7 Å². The Morgan fingerprint density at radius 3 is 2.33 bits per heavy atom. The van der Waals surface area contributed by atoms with Crippen molar-refractivity contribution in [3.05, 3.63) is 83.9 Å². The molecule has 0 atom stereocenters. The number of alkyl halides is 3. The third kappa shape index (κ3) is 6.76. The fraction of sp³-hybridized carbons (Fsp3) is 0.344. The van der Waals surface area contributed by atoms with Gasteiger partial charge in [-0.15, -0.1) is 0 Å². The minimum atomic E-state index is -4.49. The van der Waals surface area contributed by atoms with Crippen LogP contribution in [-0.4, -0.2) is 73.7 Å². The van der Waals surface area contributed by atoms with Crippen molar-refractivity contribution in [2.45, 2.75) is 31.1 Å². The summed E-state index contributed by atoms with van der Waals surface area (Å²) in [5.74, 6) is 0.298. The number of nitrogens with one attached hydrogen (secondary N) is 2. The predicted molar refractivity (Wildman–Crippen MR) is 161 cm³/mol. The van der Waals surface area contributed by atoms with E-state index in [1.54, 1.807) is 23.1 Å². The second-order valence-electron chi connectivity index (χ2n) is 10.9. The highest BCUT2D eigenvalue weighted by molar-refractivity contribution is 5.97. The average Bonchev–Trinajstić information content (AvgIpc) is 3.30. The first-order valence-corrected chi connectivity index (χ1v) is 14.4. The van der Waals surface area contributed by atoms with Crippen molar-refractivity contribution in [2.24, 2.45) is 0 Å². The minimum absolute atomic E-state index is 0.110. The molecule has 13 heteroatoms. The van der Waals surface area contributed by atoms with Gasteiger partial charge in [0.05, 0.1) is 32.1 Å². The van der Waals surface area contributed by atoms with Crippen LogP contribution in [0.3, 0.4) is 0 Å². The number of urea groups is 1. The van der Waals surface area contributed by atoms with Gasteiger partial charge in [0, 0.05) is 31.4 Å². The summed E-state index contributed by atoms with van der Waals surface area (Å²) < 4.78 is 49.9. The summed E-state index contributed by atoms with van der Waals surface area (Å²) >= 11 is 0. The number of nitrogens with zero attached hydrogens (tertiary/aromatic N) is 3. The topological polar surface area (TPSA) is 103 Å². The normalized spacial score (nSPS) is 16.1. The number of likely N-dealkylation sites (tertiary alicyclic amines) is 1. The number of carbonyl (C=O) groups is 3. The van der Waals surface area contributed by atoms with Crippen LogP contribution in [0.5, 0.6) is 11.5 Å². The first-order valence-electron chi connectivity index (χ1n) is 14.4. The zero-order valence-electron chi connectivity index (χ0n) is 24.9. The van der Waals surface area contributed by atoms with Gasteiger partial charge >= 0.3 is 12.2 Å².